The van der Waals surface area contributed by atoms with Crippen molar-refractivity contribution in [2.75, 3.05) is 18.0 Å². The number of hydrogen-bond acceptors (Lipinski definition) is 5. The van der Waals surface area contributed by atoms with Crippen molar-refractivity contribution >= 4 is 11.5 Å². The molecule has 6 nitrogen and oxygen atoms in total. The third kappa shape index (κ3) is 2.73. The molecule has 0 aromatic carbocycles. The van der Waals surface area contributed by atoms with Crippen molar-refractivity contribution in [1.82, 2.24) is 19.6 Å². The second-order valence-corrected chi connectivity index (χ2v) is 6.67. The van der Waals surface area contributed by atoms with E-state index in [1.54, 1.807) is 36.1 Å². The molecule has 0 bridgehead atoms. The lowest BCUT2D eigenvalue weighted by Gasteiger charge is -2.49. The first-order chi connectivity index (χ1) is 10.5. The summed E-state index contributed by atoms with van der Waals surface area (Å²) >= 11 is 0. The molecule has 0 amide bonds. The van der Waals surface area contributed by atoms with Crippen molar-refractivity contribution in [2.45, 2.75) is 45.1 Å². The molecule has 3 heterocycles. The Morgan fingerprint density at radius 1 is 1.22 bits per heavy atom. The van der Waals surface area contributed by atoms with Crippen LogP contribution in [0.25, 0.3) is 5.65 Å². The van der Waals surface area contributed by atoms with Crippen LogP contribution >= 0.6 is 0 Å². The fourth-order valence-corrected chi connectivity index (χ4v) is 2.98. The predicted molar refractivity (Wildman–Crippen MR) is 77.4 cm³/mol. The van der Waals surface area contributed by atoms with Gasteiger partial charge in [0, 0.05) is 12.6 Å². The smallest absolute Gasteiger partial charge is 0.356 e. The van der Waals surface area contributed by atoms with Crippen LogP contribution in [0, 0.1) is 6.92 Å². The monoisotopic (exact) mass is 329 g/mol. The minimum atomic E-state index is -4.48. The molecule has 2 aromatic rings. The molecule has 0 radical (unpaired) electrons. The van der Waals surface area contributed by atoms with E-state index >= 15 is 0 Å². The normalized spacial score (nSPS) is 25.1. The van der Waals surface area contributed by atoms with Crippen LogP contribution < -0.4 is 4.90 Å². The van der Waals surface area contributed by atoms with E-state index in [0.717, 1.165) is 6.92 Å². The van der Waals surface area contributed by atoms with Gasteiger partial charge in [0.15, 0.2) is 11.2 Å². The van der Waals surface area contributed by atoms with Gasteiger partial charge in [-0.1, -0.05) is 0 Å². The number of aromatic nitrogens is 4. The fraction of sp³-hybridized carbons (Fsp3) is 0.643. The first kappa shape index (κ1) is 16.0. The van der Waals surface area contributed by atoms with Crippen molar-refractivity contribution in [2.24, 2.45) is 0 Å². The third-order valence-electron chi connectivity index (χ3n) is 3.95. The number of aryl methyl sites for hydroxylation is 1. The van der Waals surface area contributed by atoms with Crippen molar-refractivity contribution in [3.05, 3.63) is 18.2 Å². The Kier molecular flexibility index (Phi) is 3.33. The highest BCUT2D eigenvalue weighted by Crippen LogP contribution is 2.41. The number of rotatable bonds is 1. The molecule has 126 valence electrons. The maximum absolute atomic E-state index is 13.4. The molecule has 0 N–H and O–H groups in total. The Balaban J connectivity index is 2.03. The Labute approximate surface area is 131 Å². The van der Waals surface area contributed by atoms with E-state index < -0.39 is 17.4 Å². The van der Waals surface area contributed by atoms with E-state index in [4.69, 9.17) is 4.74 Å². The van der Waals surface area contributed by atoms with Gasteiger partial charge in [0.05, 0.1) is 12.1 Å². The Hall–Kier alpha value is -1.90. The third-order valence-corrected chi connectivity index (χ3v) is 3.95. The van der Waals surface area contributed by atoms with E-state index in [9.17, 15) is 13.2 Å². The number of halogens is 3. The van der Waals surface area contributed by atoms with Gasteiger partial charge in [-0.3, -0.25) is 4.40 Å². The summed E-state index contributed by atoms with van der Waals surface area (Å²) in [6.07, 6.45) is -2.96. The van der Waals surface area contributed by atoms with Gasteiger partial charge >= 0.3 is 6.18 Å². The first-order valence-electron chi connectivity index (χ1n) is 7.20. The molecule has 1 aliphatic rings. The first-order valence-corrected chi connectivity index (χ1v) is 7.20. The van der Waals surface area contributed by atoms with Crippen molar-refractivity contribution in [3.8, 4) is 0 Å². The Morgan fingerprint density at radius 2 is 1.91 bits per heavy atom. The zero-order chi connectivity index (χ0) is 17.0. The number of ether oxygens (including phenoxy) is 1. The molecule has 1 saturated heterocycles. The largest absolute Gasteiger partial charge is 0.418 e. The van der Waals surface area contributed by atoms with Crippen molar-refractivity contribution < 1.29 is 17.9 Å². The molecule has 0 saturated carbocycles. The maximum atomic E-state index is 13.4. The average Bonchev–Trinajstić information content (AvgIpc) is 2.83. The van der Waals surface area contributed by atoms with Gasteiger partial charge in [-0.05, 0) is 27.7 Å². The highest BCUT2D eigenvalue weighted by atomic mass is 19.4. The van der Waals surface area contributed by atoms with E-state index in [2.05, 4.69) is 15.2 Å². The molecule has 0 aliphatic carbocycles. The van der Waals surface area contributed by atoms with Crippen molar-refractivity contribution in [1.29, 1.82) is 0 Å². The zero-order valence-electron chi connectivity index (χ0n) is 13.3. The summed E-state index contributed by atoms with van der Waals surface area (Å²) < 4.78 is 47.4. The predicted octanol–water partition coefficient (Wildman–Crippen LogP) is 2.37. The number of morpholine rings is 1. The second kappa shape index (κ2) is 4.80. The number of anilines is 1. The van der Waals surface area contributed by atoms with Crippen LogP contribution in [0.3, 0.4) is 0 Å². The van der Waals surface area contributed by atoms with Gasteiger partial charge in [0.2, 0.25) is 0 Å². The SMILES string of the molecule is Cc1nc(N2CC(C)(C)OC(C)(C(F)(F)F)C2)cc2nncn12. The molecule has 23 heavy (non-hydrogen) atoms. The molecule has 1 unspecified atom stereocenters. The number of hydrogen-bond donors (Lipinski definition) is 0. The van der Waals surface area contributed by atoms with Gasteiger partial charge in [0.25, 0.3) is 0 Å². The quantitative estimate of drug-likeness (QED) is 0.804. The average molecular weight is 329 g/mol. The zero-order valence-corrected chi connectivity index (χ0v) is 13.3. The van der Waals surface area contributed by atoms with E-state index in [0.29, 0.717) is 23.8 Å². The highest BCUT2D eigenvalue weighted by Gasteiger charge is 2.58. The summed E-state index contributed by atoms with van der Waals surface area (Å²) in [5.74, 6) is 1.05. The molecule has 1 atom stereocenters. The number of nitrogens with zero attached hydrogens (tertiary/aromatic N) is 5. The molecular formula is C14H18F3N5O. The summed E-state index contributed by atoms with van der Waals surface area (Å²) in [4.78, 5) is 5.99. The van der Waals surface area contributed by atoms with Crippen LogP contribution in [0.4, 0.5) is 19.0 Å². The standard InChI is InChI=1S/C14H18F3N5O/c1-9-19-10(5-11-20-18-8-22(9)11)21-6-12(2,3)23-13(4,7-21)14(15,16)17/h5,8H,6-7H2,1-4H3. The topological polar surface area (TPSA) is 55.5 Å². The van der Waals surface area contributed by atoms with Crippen LogP contribution in [0.5, 0.6) is 0 Å². The van der Waals surface area contributed by atoms with Gasteiger partial charge in [-0.2, -0.15) is 13.2 Å². The summed E-state index contributed by atoms with van der Waals surface area (Å²) in [5, 5.41) is 7.74. The highest BCUT2D eigenvalue weighted by molar-refractivity contribution is 5.52. The summed E-state index contributed by atoms with van der Waals surface area (Å²) in [6.45, 7) is 6.10. The van der Waals surface area contributed by atoms with Crippen LogP contribution in [-0.2, 0) is 4.74 Å². The lowest BCUT2D eigenvalue weighted by molar-refractivity contribution is -0.302. The lowest BCUT2D eigenvalue weighted by Crippen LogP contribution is -2.64. The summed E-state index contributed by atoms with van der Waals surface area (Å²) in [5.41, 5.74) is -2.67. The Bertz CT molecular complexity index is 742. The van der Waals surface area contributed by atoms with E-state index in [1.807, 2.05) is 0 Å². The fourth-order valence-electron chi connectivity index (χ4n) is 2.98. The lowest BCUT2D eigenvalue weighted by atomic mass is 9.96. The molecule has 9 heteroatoms. The van der Waals surface area contributed by atoms with Gasteiger partial charge in [0.1, 0.15) is 18.0 Å². The molecule has 0 spiro atoms. The van der Waals surface area contributed by atoms with E-state index in [-0.39, 0.29) is 6.54 Å². The minimum absolute atomic E-state index is 0.301. The van der Waals surface area contributed by atoms with Crippen LogP contribution in [0.15, 0.2) is 12.4 Å². The molecular weight excluding hydrogens is 311 g/mol. The molecule has 1 aliphatic heterocycles. The van der Waals surface area contributed by atoms with Crippen molar-refractivity contribution in [3.63, 3.8) is 0 Å². The van der Waals surface area contributed by atoms with E-state index in [1.165, 1.54) is 6.33 Å². The maximum Gasteiger partial charge on any atom is 0.418 e. The Morgan fingerprint density at radius 3 is 2.57 bits per heavy atom. The van der Waals surface area contributed by atoms with Crippen LogP contribution in [0.2, 0.25) is 0 Å². The second-order valence-electron chi connectivity index (χ2n) is 6.67. The molecule has 1 fully saturated rings. The molecule has 3 rings (SSSR count). The number of fused-ring (bicyclic) bond motifs is 1. The molecule has 2 aromatic heterocycles. The van der Waals surface area contributed by atoms with Gasteiger partial charge in [-0.15, -0.1) is 10.2 Å². The minimum Gasteiger partial charge on any atom is -0.356 e. The number of alkyl halides is 3. The van der Waals surface area contributed by atoms with Crippen LogP contribution in [0.1, 0.15) is 26.6 Å². The summed E-state index contributed by atoms with van der Waals surface area (Å²) in [6, 6.07) is 1.64. The summed E-state index contributed by atoms with van der Waals surface area (Å²) in [7, 11) is 0. The van der Waals surface area contributed by atoms with Gasteiger partial charge < -0.3 is 9.64 Å². The van der Waals surface area contributed by atoms with Crippen LogP contribution in [-0.4, -0.2) is 50.0 Å². The van der Waals surface area contributed by atoms with Gasteiger partial charge in [-0.25, -0.2) is 4.98 Å².